The fourth-order valence-electron chi connectivity index (χ4n) is 2.76. The van der Waals surface area contributed by atoms with Crippen molar-refractivity contribution in [3.05, 3.63) is 33.8 Å². The van der Waals surface area contributed by atoms with Crippen molar-refractivity contribution in [3.8, 4) is 0 Å². The van der Waals surface area contributed by atoms with Gasteiger partial charge in [0.2, 0.25) is 5.91 Å². The number of rotatable bonds is 5. The Morgan fingerprint density at radius 3 is 2.76 bits per heavy atom. The van der Waals surface area contributed by atoms with Crippen LogP contribution in [0.1, 0.15) is 31.2 Å². The van der Waals surface area contributed by atoms with Crippen LogP contribution in [0.15, 0.2) is 18.2 Å². The van der Waals surface area contributed by atoms with Crippen LogP contribution in [0.2, 0.25) is 10.0 Å². The Balaban J connectivity index is 0.00000220. The summed E-state index contributed by atoms with van der Waals surface area (Å²) >= 11 is 11.9. The van der Waals surface area contributed by atoms with Gasteiger partial charge in [-0.2, -0.15) is 0 Å². The number of benzene rings is 1. The first-order valence-corrected chi connectivity index (χ1v) is 7.79. The van der Waals surface area contributed by atoms with Crippen LogP contribution >= 0.6 is 35.6 Å². The standard InChI is InChI=1S/C15H20Cl2N2O.ClH/c16-12-6-4-10(13(17)8-12)5-7-15(20)19-14-3-1-2-11(14)9-18;/h4,6,8,11,14H,1-3,5,7,9,18H2,(H,19,20);1H. The Morgan fingerprint density at radius 1 is 1.33 bits per heavy atom. The van der Waals surface area contributed by atoms with Crippen molar-refractivity contribution < 1.29 is 4.79 Å². The molecule has 0 bridgehead atoms. The van der Waals surface area contributed by atoms with Gasteiger partial charge in [0.25, 0.3) is 0 Å². The maximum absolute atomic E-state index is 12.0. The van der Waals surface area contributed by atoms with Crippen LogP contribution in [0.5, 0.6) is 0 Å². The van der Waals surface area contributed by atoms with Gasteiger partial charge in [0, 0.05) is 22.5 Å². The lowest BCUT2D eigenvalue weighted by molar-refractivity contribution is -0.122. The molecule has 0 aliphatic heterocycles. The van der Waals surface area contributed by atoms with Gasteiger partial charge in [-0.05, 0) is 49.4 Å². The minimum absolute atomic E-state index is 0. The molecule has 0 heterocycles. The molecule has 3 N–H and O–H groups in total. The molecule has 1 saturated carbocycles. The molecule has 6 heteroatoms. The molecule has 0 spiro atoms. The molecule has 3 nitrogen and oxygen atoms in total. The number of carbonyl (C=O) groups is 1. The number of hydrogen-bond acceptors (Lipinski definition) is 2. The predicted octanol–water partition coefficient (Wildman–Crippen LogP) is 3.59. The molecule has 1 aliphatic rings. The van der Waals surface area contributed by atoms with Crippen LogP contribution in [0.4, 0.5) is 0 Å². The summed E-state index contributed by atoms with van der Waals surface area (Å²) in [6.07, 6.45) is 4.37. The molecule has 1 aromatic rings. The maximum atomic E-state index is 12.0. The average molecular weight is 352 g/mol. The van der Waals surface area contributed by atoms with Crippen molar-refractivity contribution in [2.75, 3.05) is 6.54 Å². The second kappa shape index (κ2) is 8.84. The van der Waals surface area contributed by atoms with Crippen LogP contribution in [-0.2, 0) is 11.2 Å². The van der Waals surface area contributed by atoms with E-state index in [2.05, 4.69) is 5.32 Å². The molecular weight excluding hydrogens is 331 g/mol. The topological polar surface area (TPSA) is 55.1 Å². The lowest BCUT2D eigenvalue weighted by Gasteiger charge is -2.19. The minimum Gasteiger partial charge on any atom is -0.353 e. The van der Waals surface area contributed by atoms with Crippen LogP contribution in [0.25, 0.3) is 0 Å². The number of aryl methyl sites for hydroxylation is 1. The summed E-state index contributed by atoms with van der Waals surface area (Å²) < 4.78 is 0. The lowest BCUT2D eigenvalue weighted by Crippen LogP contribution is -2.39. The molecule has 21 heavy (non-hydrogen) atoms. The zero-order valence-electron chi connectivity index (χ0n) is 11.8. The SMILES string of the molecule is Cl.NCC1CCCC1NC(=O)CCc1ccc(Cl)cc1Cl. The zero-order chi connectivity index (χ0) is 14.5. The van der Waals surface area contributed by atoms with Crippen LogP contribution in [0.3, 0.4) is 0 Å². The Kier molecular flexibility index (Phi) is 7.82. The number of amides is 1. The van der Waals surface area contributed by atoms with Crippen molar-refractivity contribution in [2.24, 2.45) is 11.7 Å². The first-order chi connectivity index (χ1) is 9.60. The normalized spacial score (nSPS) is 20.9. The quantitative estimate of drug-likeness (QED) is 0.851. The summed E-state index contributed by atoms with van der Waals surface area (Å²) in [7, 11) is 0. The summed E-state index contributed by atoms with van der Waals surface area (Å²) in [6, 6.07) is 5.61. The van der Waals surface area contributed by atoms with E-state index in [9.17, 15) is 4.79 Å². The van der Waals surface area contributed by atoms with Crippen molar-refractivity contribution in [1.29, 1.82) is 0 Å². The Labute approximate surface area is 142 Å². The molecule has 118 valence electrons. The van der Waals surface area contributed by atoms with Crippen LogP contribution in [0, 0.1) is 5.92 Å². The van der Waals surface area contributed by atoms with E-state index in [1.54, 1.807) is 12.1 Å². The van der Waals surface area contributed by atoms with Crippen LogP contribution < -0.4 is 11.1 Å². The molecular formula is C15H21Cl3N2O. The van der Waals surface area contributed by atoms with E-state index >= 15 is 0 Å². The zero-order valence-corrected chi connectivity index (χ0v) is 14.1. The fraction of sp³-hybridized carbons (Fsp3) is 0.533. The first-order valence-electron chi connectivity index (χ1n) is 7.03. The molecule has 2 rings (SSSR count). The smallest absolute Gasteiger partial charge is 0.220 e. The van der Waals surface area contributed by atoms with Gasteiger partial charge in [-0.15, -0.1) is 12.4 Å². The van der Waals surface area contributed by atoms with Gasteiger partial charge in [0.15, 0.2) is 0 Å². The Hall–Kier alpha value is -0.480. The second-order valence-electron chi connectivity index (χ2n) is 5.34. The van der Waals surface area contributed by atoms with Gasteiger partial charge in [-0.25, -0.2) is 0 Å². The molecule has 1 amide bonds. The Morgan fingerprint density at radius 2 is 2.10 bits per heavy atom. The monoisotopic (exact) mass is 350 g/mol. The summed E-state index contributed by atoms with van der Waals surface area (Å²) in [4.78, 5) is 12.0. The van der Waals surface area contributed by atoms with Crippen molar-refractivity contribution in [3.63, 3.8) is 0 Å². The van der Waals surface area contributed by atoms with Crippen LogP contribution in [-0.4, -0.2) is 18.5 Å². The van der Waals surface area contributed by atoms with Crippen molar-refractivity contribution in [1.82, 2.24) is 5.32 Å². The van der Waals surface area contributed by atoms with E-state index in [0.717, 1.165) is 24.8 Å². The summed E-state index contributed by atoms with van der Waals surface area (Å²) in [5.74, 6) is 0.499. The largest absolute Gasteiger partial charge is 0.353 e. The number of nitrogens with two attached hydrogens (primary N) is 1. The molecule has 1 aromatic carbocycles. The third kappa shape index (κ3) is 5.33. The van der Waals surface area contributed by atoms with Gasteiger partial charge in [-0.1, -0.05) is 35.7 Å². The lowest BCUT2D eigenvalue weighted by atomic mass is 10.0. The summed E-state index contributed by atoms with van der Waals surface area (Å²) in [6.45, 7) is 0.647. The van der Waals surface area contributed by atoms with E-state index in [1.807, 2.05) is 6.07 Å². The molecule has 1 fully saturated rings. The fourth-order valence-corrected chi connectivity index (χ4v) is 3.26. The summed E-state index contributed by atoms with van der Waals surface area (Å²) in [5, 5.41) is 4.32. The first kappa shape index (κ1) is 18.6. The molecule has 2 unspecified atom stereocenters. The van der Waals surface area contributed by atoms with Gasteiger partial charge >= 0.3 is 0 Å². The van der Waals surface area contributed by atoms with E-state index < -0.39 is 0 Å². The predicted molar refractivity (Wildman–Crippen MR) is 90.4 cm³/mol. The number of halogens is 3. The molecule has 0 radical (unpaired) electrons. The average Bonchev–Trinajstić information content (AvgIpc) is 2.85. The van der Waals surface area contributed by atoms with Gasteiger partial charge in [0.1, 0.15) is 0 Å². The van der Waals surface area contributed by atoms with Crippen molar-refractivity contribution >= 4 is 41.5 Å². The number of nitrogens with one attached hydrogen (secondary N) is 1. The molecule has 1 aliphatic carbocycles. The maximum Gasteiger partial charge on any atom is 0.220 e. The molecule has 0 aromatic heterocycles. The molecule has 0 saturated heterocycles. The van der Waals surface area contributed by atoms with Gasteiger partial charge in [0.05, 0.1) is 0 Å². The third-order valence-electron chi connectivity index (χ3n) is 3.94. The molecule has 2 atom stereocenters. The highest BCUT2D eigenvalue weighted by atomic mass is 35.5. The number of carbonyl (C=O) groups excluding carboxylic acids is 1. The van der Waals surface area contributed by atoms with Gasteiger partial charge in [-0.3, -0.25) is 4.79 Å². The van der Waals surface area contributed by atoms with Crippen molar-refractivity contribution in [2.45, 2.75) is 38.1 Å². The van der Waals surface area contributed by atoms with E-state index in [-0.39, 0.29) is 24.4 Å². The third-order valence-corrected chi connectivity index (χ3v) is 4.53. The van der Waals surface area contributed by atoms with E-state index in [0.29, 0.717) is 35.3 Å². The second-order valence-corrected chi connectivity index (χ2v) is 6.18. The minimum atomic E-state index is 0. The number of hydrogen-bond donors (Lipinski definition) is 2. The highest BCUT2D eigenvalue weighted by molar-refractivity contribution is 6.35. The highest BCUT2D eigenvalue weighted by Gasteiger charge is 2.27. The van der Waals surface area contributed by atoms with E-state index in [4.69, 9.17) is 28.9 Å². The van der Waals surface area contributed by atoms with E-state index in [1.165, 1.54) is 0 Å². The van der Waals surface area contributed by atoms with Gasteiger partial charge < -0.3 is 11.1 Å². The Bertz CT molecular complexity index is 482. The summed E-state index contributed by atoms with van der Waals surface area (Å²) in [5.41, 5.74) is 6.67. The highest BCUT2D eigenvalue weighted by Crippen LogP contribution is 2.25.